The Hall–Kier alpha value is -0.720. The van der Waals surface area contributed by atoms with Crippen LogP contribution < -0.4 is 5.32 Å². The normalized spacial score (nSPS) is 13.2. The largest absolute Gasteiger partial charge is 0.363 e. The van der Waals surface area contributed by atoms with Gasteiger partial charge >= 0.3 is 0 Å². The first-order valence-corrected chi connectivity index (χ1v) is 5.39. The second kappa shape index (κ2) is 7.90. The molecule has 0 aromatic heterocycles. The zero-order chi connectivity index (χ0) is 10.1. The van der Waals surface area contributed by atoms with Crippen LogP contribution in [0.5, 0.6) is 0 Å². The minimum absolute atomic E-state index is 1.08. The van der Waals surface area contributed by atoms with Gasteiger partial charge in [-0.1, -0.05) is 39.3 Å². The van der Waals surface area contributed by atoms with Crippen LogP contribution in [0.1, 0.15) is 53.4 Å². The highest BCUT2D eigenvalue weighted by Gasteiger charge is 1.96. The van der Waals surface area contributed by atoms with E-state index in [4.69, 9.17) is 0 Å². The fraction of sp³-hybridized carbons (Fsp3) is 0.667. The molecule has 0 saturated heterocycles. The Morgan fingerprint density at radius 1 is 1.15 bits per heavy atom. The maximum atomic E-state index is 3.48. The van der Waals surface area contributed by atoms with Gasteiger partial charge in [0.1, 0.15) is 0 Å². The summed E-state index contributed by atoms with van der Waals surface area (Å²) in [5.74, 6) is 0. The zero-order valence-electron chi connectivity index (χ0n) is 9.48. The molecule has 76 valence electrons. The molecule has 0 heterocycles. The number of hydrogen-bond acceptors (Lipinski definition) is 1. The molecule has 1 heteroatoms. The van der Waals surface area contributed by atoms with E-state index in [1.165, 1.54) is 17.8 Å². The van der Waals surface area contributed by atoms with Gasteiger partial charge in [0.25, 0.3) is 0 Å². The maximum absolute atomic E-state index is 3.48. The zero-order valence-corrected chi connectivity index (χ0v) is 9.48. The summed E-state index contributed by atoms with van der Waals surface area (Å²) in [5, 5.41) is 3.48. The van der Waals surface area contributed by atoms with Gasteiger partial charge in [-0.15, -0.1) is 0 Å². The molecular formula is C12H23N. The topological polar surface area (TPSA) is 12.0 Å². The summed E-state index contributed by atoms with van der Waals surface area (Å²) in [6.45, 7) is 8.66. The van der Waals surface area contributed by atoms with E-state index in [1.54, 1.807) is 0 Å². The van der Waals surface area contributed by atoms with Crippen molar-refractivity contribution < 1.29 is 0 Å². The number of nitrogens with one attached hydrogen (secondary N) is 1. The van der Waals surface area contributed by atoms with Gasteiger partial charge in [-0.25, -0.2) is 0 Å². The van der Waals surface area contributed by atoms with Crippen LogP contribution in [0, 0.1) is 0 Å². The third kappa shape index (κ3) is 5.51. The summed E-state index contributed by atoms with van der Waals surface area (Å²) in [6, 6.07) is 0. The average molecular weight is 181 g/mol. The molecule has 0 aliphatic heterocycles. The van der Waals surface area contributed by atoms with Gasteiger partial charge in [0, 0.05) is 11.4 Å². The van der Waals surface area contributed by atoms with E-state index in [0.717, 1.165) is 19.3 Å². The number of allylic oxidation sites excluding steroid dienone is 4. The van der Waals surface area contributed by atoms with Crippen molar-refractivity contribution in [3.05, 3.63) is 23.5 Å². The van der Waals surface area contributed by atoms with E-state index < -0.39 is 0 Å². The molecule has 0 saturated carbocycles. The van der Waals surface area contributed by atoms with Crippen LogP contribution in [0.2, 0.25) is 0 Å². The highest BCUT2D eigenvalue weighted by atomic mass is 14.9. The van der Waals surface area contributed by atoms with Crippen LogP contribution in [0.15, 0.2) is 23.5 Å². The molecule has 0 unspecified atom stereocenters. The quantitative estimate of drug-likeness (QED) is 0.653. The van der Waals surface area contributed by atoms with Crippen LogP contribution in [0.3, 0.4) is 0 Å². The first kappa shape index (κ1) is 12.3. The second-order valence-electron chi connectivity index (χ2n) is 3.18. The predicted octanol–water partition coefficient (Wildman–Crippen LogP) is 3.98. The highest BCUT2D eigenvalue weighted by molar-refractivity contribution is 5.10. The van der Waals surface area contributed by atoms with Crippen LogP contribution in [0.4, 0.5) is 0 Å². The van der Waals surface area contributed by atoms with Crippen molar-refractivity contribution in [1.29, 1.82) is 0 Å². The molecule has 0 aliphatic rings. The molecule has 0 aliphatic carbocycles. The van der Waals surface area contributed by atoms with E-state index in [-0.39, 0.29) is 0 Å². The SMILES string of the molecule is C/C=C(/CC)N/C(=C\CC)CCC. The molecule has 0 radical (unpaired) electrons. The predicted molar refractivity (Wildman–Crippen MR) is 60.5 cm³/mol. The second-order valence-corrected chi connectivity index (χ2v) is 3.18. The van der Waals surface area contributed by atoms with Crippen molar-refractivity contribution in [3.63, 3.8) is 0 Å². The van der Waals surface area contributed by atoms with Crippen LogP contribution in [0.25, 0.3) is 0 Å². The van der Waals surface area contributed by atoms with E-state index in [9.17, 15) is 0 Å². The molecule has 0 aromatic carbocycles. The lowest BCUT2D eigenvalue weighted by molar-refractivity contribution is 0.781. The van der Waals surface area contributed by atoms with Crippen molar-refractivity contribution in [2.75, 3.05) is 0 Å². The first-order chi connectivity index (χ1) is 6.28. The summed E-state index contributed by atoms with van der Waals surface area (Å²) in [6.07, 6.45) is 9.00. The molecule has 1 nitrogen and oxygen atoms in total. The van der Waals surface area contributed by atoms with E-state index in [0.29, 0.717) is 0 Å². The third-order valence-corrected chi connectivity index (χ3v) is 2.02. The van der Waals surface area contributed by atoms with Gasteiger partial charge in [-0.2, -0.15) is 0 Å². The van der Waals surface area contributed by atoms with Crippen LogP contribution in [-0.4, -0.2) is 0 Å². The van der Waals surface area contributed by atoms with Gasteiger partial charge in [0.2, 0.25) is 0 Å². The van der Waals surface area contributed by atoms with Crippen molar-refractivity contribution in [2.45, 2.75) is 53.4 Å². The molecule has 0 amide bonds. The van der Waals surface area contributed by atoms with Crippen molar-refractivity contribution in [1.82, 2.24) is 5.32 Å². The lowest BCUT2D eigenvalue weighted by atomic mass is 10.2. The molecule has 0 atom stereocenters. The van der Waals surface area contributed by atoms with Gasteiger partial charge < -0.3 is 5.32 Å². The minimum Gasteiger partial charge on any atom is -0.363 e. The smallest absolute Gasteiger partial charge is 0.0108 e. The van der Waals surface area contributed by atoms with Crippen LogP contribution in [-0.2, 0) is 0 Å². The molecule has 0 aromatic rings. The van der Waals surface area contributed by atoms with E-state index >= 15 is 0 Å². The molecule has 0 bridgehead atoms. The van der Waals surface area contributed by atoms with Crippen molar-refractivity contribution in [3.8, 4) is 0 Å². The van der Waals surface area contributed by atoms with Crippen molar-refractivity contribution >= 4 is 0 Å². The molecule has 0 spiro atoms. The lowest BCUT2D eigenvalue weighted by Gasteiger charge is -2.12. The summed E-state index contributed by atoms with van der Waals surface area (Å²) in [7, 11) is 0. The standard InChI is InChI=1S/C12H23N/c1-5-9-12(10-6-2)13-11(7-3)8-4/h7,9,13H,5-6,8,10H2,1-4H3/b11-7-,12-9-. The Bertz CT molecular complexity index is 178. The molecule has 13 heavy (non-hydrogen) atoms. The fourth-order valence-corrected chi connectivity index (χ4v) is 1.30. The molecule has 0 fully saturated rings. The number of rotatable bonds is 6. The van der Waals surface area contributed by atoms with Gasteiger partial charge in [-0.3, -0.25) is 0 Å². The Balaban J connectivity index is 4.16. The lowest BCUT2D eigenvalue weighted by Crippen LogP contribution is -2.12. The summed E-state index contributed by atoms with van der Waals surface area (Å²) in [4.78, 5) is 0. The summed E-state index contributed by atoms with van der Waals surface area (Å²) < 4.78 is 0. The molecular weight excluding hydrogens is 158 g/mol. The van der Waals surface area contributed by atoms with Gasteiger partial charge in [0.05, 0.1) is 0 Å². The Labute approximate surface area is 82.9 Å². The summed E-state index contributed by atoms with van der Waals surface area (Å²) in [5.41, 5.74) is 2.70. The third-order valence-electron chi connectivity index (χ3n) is 2.02. The maximum Gasteiger partial charge on any atom is 0.0108 e. The van der Waals surface area contributed by atoms with E-state index in [2.05, 4.69) is 45.2 Å². The number of hydrogen-bond donors (Lipinski definition) is 1. The van der Waals surface area contributed by atoms with Gasteiger partial charge in [-0.05, 0) is 26.2 Å². The fourth-order valence-electron chi connectivity index (χ4n) is 1.30. The average Bonchev–Trinajstić information content (AvgIpc) is 2.14. The van der Waals surface area contributed by atoms with Crippen LogP contribution >= 0.6 is 0 Å². The Morgan fingerprint density at radius 2 is 1.85 bits per heavy atom. The van der Waals surface area contributed by atoms with Gasteiger partial charge in [0.15, 0.2) is 0 Å². The monoisotopic (exact) mass is 181 g/mol. The Kier molecular flexibility index (Phi) is 7.47. The minimum atomic E-state index is 1.08. The Morgan fingerprint density at radius 3 is 2.23 bits per heavy atom. The highest BCUT2D eigenvalue weighted by Crippen LogP contribution is 2.07. The first-order valence-electron chi connectivity index (χ1n) is 5.39. The molecule has 0 rings (SSSR count). The van der Waals surface area contributed by atoms with Crippen molar-refractivity contribution in [2.24, 2.45) is 0 Å². The molecule has 1 N–H and O–H groups in total. The van der Waals surface area contributed by atoms with E-state index in [1.807, 2.05) is 0 Å². The summed E-state index contributed by atoms with van der Waals surface area (Å²) >= 11 is 0.